The van der Waals surface area contributed by atoms with Gasteiger partial charge in [0.1, 0.15) is 0 Å². The molecular weight excluding hydrogens is 314 g/mol. The fourth-order valence-electron chi connectivity index (χ4n) is 3.73. The summed E-state index contributed by atoms with van der Waals surface area (Å²) in [6.45, 7) is 4.81. The Balaban J connectivity index is 1.73. The van der Waals surface area contributed by atoms with Crippen LogP contribution >= 0.6 is 0 Å². The molecule has 0 spiro atoms. The van der Waals surface area contributed by atoms with Gasteiger partial charge in [-0.05, 0) is 51.0 Å². The zero-order chi connectivity index (χ0) is 16.8. The third kappa shape index (κ3) is 6.66. The molecule has 136 valence electrons. The monoisotopic (exact) mass is 347 g/mol. The number of sulfonamides is 1. The minimum absolute atomic E-state index is 0.0710. The maximum atomic E-state index is 11.0. The lowest BCUT2D eigenvalue weighted by Crippen LogP contribution is -2.50. The molecule has 1 saturated heterocycles. The molecule has 2 rings (SSSR count). The summed E-state index contributed by atoms with van der Waals surface area (Å²) in [6, 6.07) is 0. The summed E-state index contributed by atoms with van der Waals surface area (Å²) in [5.41, 5.74) is 6.62. The number of morpholine rings is 1. The highest BCUT2D eigenvalue weighted by molar-refractivity contribution is 7.89. The standard InChI is InChI=1S/C16H33N3O3S/c17-16(15-5-3-6-15,7-1-2-14-23(18,20)21)8-4-9-19-10-12-22-13-11-19/h15H,1-14,17H2,(H2,18,20,21). The second-order valence-electron chi connectivity index (χ2n) is 7.24. The average Bonchev–Trinajstić information content (AvgIpc) is 2.42. The predicted molar refractivity (Wildman–Crippen MR) is 92.6 cm³/mol. The smallest absolute Gasteiger partial charge is 0.209 e. The summed E-state index contributed by atoms with van der Waals surface area (Å²) in [5, 5.41) is 5.07. The van der Waals surface area contributed by atoms with E-state index in [0.29, 0.717) is 12.3 Å². The maximum absolute atomic E-state index is 11.0. The Hall–Kier alpha value is -0.210. The molecular formula is C16H33N3O3S. The average molecular weight is 348 g/mol. The van der Waals surface area contributed by atoms with Gasteiger partial charge in [0.05, 0.1) is 19.0 Å². The number of primary sulfonamides is 1. The van der Waals surface area contributed by atoms with Crippen LogP contribution in [0.5, 0.6) is 0 Å². The van der Waals surface area contributed by atoms with Crippen molar-refractivity contribution < 1.29 is 13.2 Å². The number of nitrogens with zero attached hydrogens (tertiary/aromatic N) is 1. The van der Waals surface area contributed by atoms with Gasteiger partial charge in [0.25, 0.3) is 0 Å². The lowest BCUT2D eigenvalue weighted by molar-refractivity contribution is 0.0348. The Labute approximate surface area is 141 Å². The largest absolute Gasteiger partial charge is 0.379 e. The molecule has 0 aromatic rings. The third-order valence-electron chi connectivity index (χ3n) is 5.46. The van der Waals surface area contributed by atoms with E-state index in [1.807, 2.05) is 0 Å². The van der Waals surface area contributed by atoms with Crippen molar-refractivity contribution in [3.05, 3.63) is 0 Å². The van der Waals surface area contributed by atoms with Crippen molar-refractivity contribution in [2.24, 2.45) is 16.8 Å². The number of unbranched alkanes of at least 4 members (excludes halogenated alkanes) is 1. The first-order valence-electron chi connectivity index (χ1n) is 8.98. The molecule has 0 aromatic heterocycles. The quantitative estimate of drug-likeness (QED) is 0.576. The van der Waals surface area contributed by atoms with Gasteiger partial charge in [-0.15, -0.1) is 0 Å². The molecule has 1 saturated carbocycles. The molecule has 0 aromatic carbocycles. The fraction of sp³-hybridized carbons (Fsp3) is 1.00. The molecule has 4 N–H and O–H groups in total. The van der Waals surface area contributed by atoms with Gasteiger partial charge in [-0.3, -0.25) is 4.90 Å². The molecule has 0 bridgehead atoms. The van der Waals surface area contributed by atoms with Crippen LogP contribution in [0.3, 0.4) is 0 Å². The highest BCUT2D eigenvalue weighted by Crippen LogP contribution is 2.40. The number of rotatable bonds is 10. The molecule has 0 radical (unpaired) electrons. The Morgan fingerprint density at radius 1 is 1.09 bits per heavy atom. The number of hydrogen-bond acceptors (Lipinski definition) is 5. The first kappa shape index (κ1) is 19.1. The van der Waals surface area contributed by atoms with E-state index in [9.17, 15) is 8.42 Å². The second-order valence-corrected chi connectivity index (χ2v) is 8.98. The van der Waals surface area contributed by atoms with Crippen molar-refractivity contribution in [1.82, 2.24) is 4.90 Å². The zero-order valence-corrected chi connectivity index (χ0v) is 15.0. The SMILES string of the molecule is NC(CCCCS(N)(=O)=O)(CCCN1CCOCC1)C1CCC1. The molecule has 6 nitrogen and oxygen atoms in total. The number of nitrogens with two attached hydrogens (primary N) is 2. The Morgan fingerprint density at radius 3 is 2.30 bits per heavy atom. The summed E-state index contributed by atoms with van der Waals surface area (Å²) in [6.07, 6.45) is 8.26. The molecule has 23 heavy (non-hydrogen) atoms. The maximum Gasteiger partial charge on any atom is 0.209 e. The minimum Gasteiger partial charge on any atom is -0.379 e. The van der Waals surface area contributed by atoms with Crippen LogP contribution in [0, 0.1) is 5.92 Å². The molecule has 0 amide bonds. The van der Waals surface area contributed by atoms with Gasteiger partial charge in [-0.1, -0.05) is 12.8 Å². The van der Waals surface area contributed by atoms with Gasteiger partial charge in [0.2, 0.25) is 10.0 Å². The molecule has 2 aliphatic rings. The molecule has 1 unspecified atom stereocenters. The Bertz CT molecular complexity index is 447. The van der Waals surface area contributed by atoms with Gasteiger partial charge in [0, 0.05) is 18.6 Å². The van der Waals surface area contributed by atoms with Crippen molar-refractivity contribution in [2.45, 2.75) is 56.9 Å². The van der Waals surface area contributed by atoms with Crippen LogP contribution in [-0.4, -0.2) is 57.5 Å². The van der Waals surface area contributed by atoms with E-state index in [1.54, 1.807) is 0 Å². The first-order valence-corrected chi connectivity index (χ1v) is 10.7. The highest BCUT2D eigenvalue weighted by atomic mass is 32.2. The Morgan fingerprint density at radius 2 is 1.74 bits per heavy atom. The van der Waals surface area contributed by atoms with E-state index in [2.05, 4.69) is 4.90 Å². The van der Waals surface area contributed by atoms with Crippen LogP contribution in [-0.2, 0) is 14.8 Å². The van der Waals surface area contributed by atoms with Crippen LogP contribution in [0.2, 0.25) is 0 Å². The van der Waals surface area contributed by atoms with Crippen LogP contribution in [0.15, 0.2) is 0 Å². The van der Waals surface area contributed by atoms with Crippen LogP contribution in [0.25, 0.3) is 0 Å². The lowest BCUT2D eigenvalue weighted by atomic mass is 9.67. The fourth-order valence-corrected chi connectivity index (χ4v) is 4.34. The van der Waals surface area contributed by atoms with Gasteiger partial charge in [0.15, 0.2) is 0 Å². The Kier molecular flexibility index (Phi) is 7.28. The highest BCUT2D eigenvalue weighted by Gasteiger charge is 2.37. The van der Waals surface area contributed by atoms with Crippen LogP contribution in [0.4, 0.5) is 0 Å². The van der Waals surface area contributed by atoms with E-state index >= 15 is 0 Å². The first-order chi connectivity index (χ1) is 10.9. The molecule has 1 heterocycles. The minimum atomic E-state index is -3.34. The number of ether oxygens (including phenoxy) is 1. The van der Waals surface area contributed by atoms with Gasteiger partial charge >= 0.3 is 0 Å². The molecule has 1 aliphatic carbocycles. The van der Waals surface area contributed by atoms with Crippen molar-refractivity contribution >= 4 is 10.0 Å². The second kappa shape index (κ2) is 8.76. The van der Waals surface area contributed by atoms with Crippen molar-refractivity contribution in [3.8, 4) is 0 Å². The van der Waals surface area contributed by atoms with Crippen molar-refractivity contribution in [1.29, 1.82) is 0 Å². The zero-order valence-electron chi connectivity index (χ0n) is 14.2. The summed E-state index contributed by atoms with van der Waals surface area (Å²) in [5.74, 6) is 0.684. The topological polar surface area (TPSA) is 98.7 Å². The molecule has 1 aliphatic heterocycles. The molecule has 1 atom stereocenters. The number of hydrogen-bond donors (Lipinski definition) is 2. The summed E-state index contributed by atoms with van der Waals surface area (Å²) >= 11 is 0. The van der Waals surface area contributed by atoms with E-state index in [1.165, 1.54) is 19.3 Å². The van der Waals surface area contributed by atoms with Gasteiger partial charge < -0.3 is 10.5 Å². The van der Waals surface area contributed by atoms with E-state index in [-0.39, 0.29) is 11.3 Å². The summed E-state index contributed by atoms with van der Waals surface area (Å²) < 4.78 is 27.4. The van der Waals surface area contributed by atoms with Gasteiger partial charge in [-0.2, -0.15) is 0 Å². The van der Waals surface area contributed by atoms with Crippen molar-refractivity contribution in [3.63, 3.8) is 0 Å². The van der Waals surface area contributed by atoms with Gasteiger partial charge in [-0.25, -0.2) is 13.6 Å². The summed E-state index contributed by atoms with van der Waals surface area (Å²) in [4.78, 5) is 2.45. The predicted octanol–water partition coefficient (Wildman–Crippen LogP) is 1.06. The normalized spacial score (nSPS) is 23.4. The van der Waals surface area contributed by atoms with E-state index < -0.39 is 10.0 Å². The van der Waals surface area contributed by atoms with Crippen molar-refractivity contribution in [2.75, 3.05) is 38.6 Å². The van der Waals surface area contributed by atoms with E-state index in [0.717, 1.165) is 58.5 Å². The molecule has 7 heteroatoms. The lowest BCUT2D eigenvalue weighted by Gasteiger charge is -2.43. The van der Waals surface area contributed by atoms with Crippen LogP contribution < -0.4 is 10.9 Å². The van der Waals surface area contributed by atoms with Crippen LogP contribution in [0.1, 0.15) is 51.4 Å². The summed E-state index contributed by atoms with van der Waals surface area (Å²) in [7, 11) is -3.34. The third-order valence-corrected chi connectivity index (χ3v) is 6.32. The van der Waals surface area contributed by atoms with E-state index in [4.69, 9.17) is 15.6 Å². The molecule has 2 fully saturated rings.